The van der Waals surface area contributed by atoms with Crippen molar-refractivity contribution in [3.8, 4) is 0 Å². The molecule has 0 heterocycles. The molecule has 0 aliphatic heterocycles. The van der Waals surface area contributed by atoms with Gasteiger partial charge in [-0.3, -0.25) is 13.8 Å². The average Bonchev–Trinajstić information content (AvgIpc) is 3.22. The molecule has 0 aliphatic rings. The number of rotatable bonds is 50. The van der Waals surface area contributed by atoms with Crippen LogP contribution in [0, 0.1) is 0 Å². The normalized spacial score (nSPS) is 13.6. The molecule has 364 valence electrons. The van der Waals surface area contributed by atoms with E-state index in [-0.39, 0.29) is 25.8 Å². The van der Waals surface area contributed by atoms with E-state index >= 15 is 0 Å². The fourth-order valence-corrected chi connectivity index (χ4v) is 8.47. The Morgan fingerprint density at radius 3 is 1.25 bits per heavy atom. The minimum atomic E-state index is -4.27. The Balaban J connectivity index is 4.03. The molecule has 8 nitrogen and oxygen atoms in total. The van der Waals surface area contributed by atoms with Gasteiger partial charge in [0.05, 0.1) is 34.4 Å². The van der Waals surface area contributed by atoms with E-state index < -0.39 is 13.9 Å². The van der Waals surface area contributed by atoms with Crippen molar-refractivity contribution in [1.29, 1.82) is 0 Å². The summed E-state index contributed by atoms with van der Waals surface area (Å²) < 4.78 is 35.2. The molecule has 61 heavy (non-hydrogen) atoms. The molecule has 0 aromatic rings. The molecular weight excluding hydrogens is 782 g/mol. The monoisotopic (exact) mass is 887 g/mol. The van der Waals surface area contributed by atoms with Crippen LogP contribution in [-0.4, -0.2) is 75.6 Å². The molecule has 0 aromatic heterocycles. The summed E-state index contributed by atoms with van der Waals surface area (Å²) in [7, 11) is 1.68. The number of hydrogen-bond donors (Lipinski definition) is 1. The van der Waals surface area contributed by atoms with Gasteiger partial charge in [-0.25, -0.2) is 4.57 Å². The molecule has 0 radical (unpaired) electrons. The second-order valence-electron chi connectivity index (χ2n) is 19.3. The fourth-order valence-electron chi connectivity index (χ4n) is 7.73. The van der Waals surface area contributed by atoms with Crippen molar-refractivity contribution in [2.75, 3.05) is 54.1 Å². The molecule has 2 atom stereocenters. The van der Waals surface area contributed by atoms with Gasteiger partial charge >= 0.3 is 13.8 Å². The van der Waals surface area contributed by atoms with E-state index in [1.54, 1.807) is 0 Å². The van der Waals surface area contributed by atoms with Gasteiger partial charge < -0.3 is 18.9 Å². The van der Waals surface area contributed by atoms with Crippen molar-refractivity contribution in [3.63, 3.8) is 0 Å². The highest BCUT2D eigenvalue weighted by molar-refractivity contribution is 7.47. The van der Waals surface area contributed by atoms with Gasteiger partial charge in [0.15, 0.2) is 0 Å². The van der Waals surface area contributed by atoms with Gasteiger partial charge in [-0.2, -0.15) is 0 Å². The SMILES string of the molecule is CCCCCCCCCC/C=C\CCCCCCCCCCCCCCCC(=O)OC(COCCCCCCCCCCCCCCCC)COP(=O)(O)OCC[N+](C)(C)C. The summed E-state index contributed by atoms with van der Waals surface area (Å²) in [5, 5.41) is 0. The van der Waals surface area contributed by atoms with Crippen molar-refractivity contribution in [1.82, 2.24) is 0 Å². The standard InChI is InChI=1S/C52H104NO7P/c1-6-8-10-12-14-16-18-20-22-23-24-25-26-27-28-29-30-31-32-33-35-37-39-41-43-45-52(54)60-51(50-59-61(55,56)58-48-46-53(3,4)5)49-57-47-44-42-40-38-36-34-21-19-17-15-13-11-9-7-2/h23-24,51H,6-22,25-50H2,1-5H3/p+1/b24-23-. The van der Waals surface area contributed by atoms with Crippen LogP contribution in [0.15, 0.2) is 12.2 Å². The van der Waals surface area contributed by atoms with Gasteiger partial charge in [-0.05, 0) is 38.5 Å². The van der Waals surface area contributed by atoms with Crippen molar-refractivity contribution in [3.05, 3.63) is 12.2 Å². The molecule has 0 aromatic carbocycles. The minimum absolute atomic E-state index is 0.0925. The Morgan fingerprint density at radius 1 is 0.492 bits per heavy atom. The molecule has 0 aliphatic carbocycles. The highest BCUT2D eigenvalue weighted by Crippen LogP contribution is 2.43. The summed E-state index contributed by atoms with van der Waals surface area (Å²) >= 11 is 0. The van der Waals surface area contributed by atoms with Crippen LogP contribution in [0.25, 0.3) is 0 Å². The second-order valence-corrected chi connectivity index (χ2v) is 20.7. The van der Waals surface area contributed by atoms with E-state index in [1.165, 1.54) is 205 Å². The lowest BCUT2D eigenvalue weighted by Crippen LogP contribution is -2.37. The van der Waals surface area contributed by atoms with E-state index in [0.717, 1.165) is 32.1 Å². The number of ether oxygens (including phenoxy) is 2. The number of unbranched alkanes of at least 4 members (excludes halogenated alkanes) is 34. The average molecular weight is 887 g/mol. The molecule has 2 unspecified atom stereocenters. The summed E-state index contributed by atoms with van der Waals surface area (Å²) in [5.41, 5.74) is 0. The molecule has 0 saturated carbocycles. The van der Waals surface area contributed by atoms with Gasteiger partial charge in [0, 0.05) is 13.0 Å². The lowest BCUT2D eigenvalue weighted by atomic mass is 10.0. The zero-order chi connectivity index (χ0) is 44.8. The molecule has 1 N–H and O–H groups in total. The van der Waals surface area contributed by atoms with Crippen LogP contribution in [0.2, 0.25) is 0 Å². The summed E-state index contributed by atoms with van der Waals surface area (Å²) in [6, 6.07) is 0. The Kier molecular flexibility index (Phi) is 45.2. The largest absolute Gasteiger partial charge is 0.472 e. The second kappa shape index (κ2) is 45.8. The van der Waals surface area contributed by atoms with Gasteiger partial charge in [0.25, 0.3) is 0 Å². The minimum Gasteiger partial charge on any atom is -0.457 e. The first-order valence-corrected chi connectivity index (χ1v) is 27.9. The topological polar surface area (TPSA) is 91.3 Å². The smallest absolute Gasteiger partial charge is 0.457 e. The van der Waals surface area contributed by atoms with E-state index in [9.17, 15) is 14.3 Å². The number of hydrogen-bond acceptors (Lipinski definition) is 6. The third-order valence-corrected chi connectivity index (χ3v) is 12.8. The van der Waals surface area contributed by atoms with Crippen LogP contribution in [0.4, 0.5) is 0 Å². The molecule has 0 amide bonds. The predicted octanol–water partition coefficient (Wildman–Crippen LogP) is 16.2. The quantitative estimate of drug-likeness (QED) is 0.0214. The van der Waals surface area contributed by atoms with Crippen LogP contribution in [0.3, 0.4) is 0 Å². The van der Waals surface area contributed by atoms with Crippen LogP contribution in [0.5, 0.6) is 0 Å². The summed E-state index contributed by atoms with van der Waals surface area (Å²) in [5.74, 6) is -0.307. The van der Waals surface area contributed by atoms with E-state index in [4.69, 9.17) is 18.5 Å². The molecule has 0 fully saturated rings. The Hall–Kier alpha value is -0.760. The first-order valence-electron chi connectivity index (χ1n) is 26.4. The van der Waals surface area contributed by atoms with Gasteiger partial charge in [-0.15, -0.1) is 0 Å². The molecule has 9 heteroatoms. The number of esters is 1. The number of quaternary nitrogens is 1. The predicted molar refractivity (Wildman–Crippen MR) is 261 cm³/mol. The summed E-state index contributed by atoms with van der Waals surface area (Å²) in [6.07, 6.45) is 52.6. The third kappa shape index (κ3) is 50.1. The summed E-state index contributed by atoms with van der Waals surface area (Å²) in [4.78, 5) is 23.0. The maximum atomic E-state index is 12.8. The highest BCUT2D eigenvalue weighted by atomic mass is 31.2. The van der Waals surface area contributed by atoms with Gasteiger partial charge in [0.1, 0.15) is 19.3 Å². The number of allylic oxidation sites excluding steroid dienone is 2. The Bertz CT molecular complexity index is 987. The van der Waals surface area contributed by atoms with E-state index in [2.05, 4.69) is 26.0 Å². The lowest BCUT2D eigenvalue weighted by Gasteiger charge is -2.24. The number of nitrogens with zero attached hydrogens (tertiary/aromatic N) is 1. The molecule has 0 bridgehead atoms. The number of phosphoric ester groups is 1. The zero-order valence-corrected chi connectivity index (χ0v) is 42.3. The first kappa shape index (κ1) is 60.2. The maximum absolute atomic E-state index is 12.8. The Morgan fingerprint density at radius 2 is 0.852 bits per heavy atom. The van der Waals surface area contributed by atoms with Crippen molar-refractivity contribution >= 4 is 13.8 Å². The molecule has 0 spiro atoms. The van der Waals surface area contributed by atoms with Crippen molar-refractivity contribution in [2.45, 2.75) is 264 Å². The molecular formula is C52H105NO7P+. The number of carbonyl (C=O) groups is 1. The molecule has 0 rings (SSSR count). The van der Waals surface area contributed by atoms with Crippen LogP contribution in [0.1, 0.15) is 258 Å². The number of likely N-dealkylation sites (N-methyl/N-ethyl adjacent to an activating group) is 1. The first-order chi connectivity index (χ1) is 29.6. The van der Waals surface area contributed by atoms with E-state index in [1.807, 2.05) is 21.1 Å². The fraction of sp³-hybridized carbons (Fsp3) is 0.942. The van der Waals surface area contributed by atoms with E-state index in [0.29, 0.717) is 24.1 Å². The van der Waals surface area contributed by atoms with Crippen molar-refractivity contribution in [2.24, 2.45) is 0 Å². The number of phosphoric acid groups is 1. The third-order valence-electron chi connectivity index (χ3n) is 11.8. The Labute approximate surface area is 380 Å². The van der Waals surface area contributed by atoms with Gasteiger partial charge in [-0.1, -0.05) is 225 Å². The highest BCUT2D eigenvalue weighted by Gasteiger charge is 2.26. The van der Waals surface area contributed by atoms with Crippen LogP contribution >= 0.6 is 7.82 Å². The lowest BCUT2D eigenvalue weighted by molar-refractivity contribution is -0.870. The zero-order valence-electron chi connectivity index (χ0n) is 41.4. The molecule has 0 saturated heterocycles. The van der Waals surface area contributed by atoms with Crippen LogP contribution in [-0.2, 0) is 27.9 Å². The van der Waals surface area contributed by atoms with Gasteiger partial charge in [0.2, 0.25) is 0 Å². The number of carbonyl (C=O) groups excluding carboxylic acids is 1. The van der Waals surface area contributed by atoms with Crippen molar-refractivity contribution < 1.29 is 37.3 Å². The van der Waals surface area contributed by atoms with Crippen LogP contribution < -0.4 is 0 Å². The maximum Gasteiger partial charge on any atom is 0.472 e. The summed E-state index contributed by atoms with van der Waals surface area (Å²) in [6.45, 7) is 5.69.